The lowest BCUT2D eigenvalue weighted by atomic mass is 10.0. The predicted octanol–water partition coefficient (Wildman–Crippen LogP) is 2.58. The molecule has 2 heterocycles. The summed E-state index contributed by atoms with van der Waals surface area (Å²) in [7, 11) is 0. The molecule has 3 aromatic rings. The van der Waals surface area contributed by atoms with E-state index in [1.54, 1.807) is 11.2 Å². The number of carbonyl (C=O) groups excluding carboxylic acids is 2. The number of amides is 2. The van der Waals surface area contributed by atoms with Crippen molar-refractivity contribution in [2.45, 2.75) is 19.4 Å². The highest BCUT2D eigenvalue weighted by molar-refractivity contribution is 5.96. The van der Waals surface area contributed by atoms with Crippen LogP contribution in [0, 0.1) is 0 Å². The van der Waals surface area contributed by atoms with Gasteiger partial charge in [-0.3, -0.25) is 9.59 Å². The smallest absolute Gasteiger partial charge is 0.253 e. The van der Waals surface area contributed by atoms with E-state index >= 15 is 0 Å². The Bertz CT molecular complexity index is 979. The molecule has 1 saturated heterocycles. The molecule has 1 atom stereocenters. The van der Waals surface area contributed by atoms with E-state index in [-0.39, 0.29) is 17.9 Å². The molecule has 2 N–H and O–H groups in total. The number of hydrogen-bond donors (Lipinski definition) is 2. The number of nitrogens with one attached hydrogen (secondary N) is 2. The molecule has 0 aliphatic carbocycles. The number of rotatable bonds is 3. The molecule has 1 aromatic heterocycles. The van der Waals surface area contributed by atoms with E-state index in [0.717, 1.165) is 28.6 Å². The molecule has 6 nitrogen and oxygen atoms in total. The van der Waals surface area contributed by atoms with Gasteiger partial charge in [0.2, 0.25) is 5.91 Å². The Morgan fingerprint density at radius 2 is 2.04 bits per heavy atom. The largest absolute Gasteiger partial charge is 0.352 e. The van der Waals surface area contributed by atoms with Gasteiger partial charge >= 0.3 is 0 Å². The van der Waals surface area contributed by atoms with Crippen molar-refractivity contribution in [1.29, 1.82) is 0 Å². The number of aromatic amines is 1. The third-order valence-electron chi connectivity index (χ3n) is 4.75. The van der Waals surface area contributed by atoms with Crippen molar-refractivity contribution in [3.05, 3.63) is 54.4 Å². The van der Waals surface area contributed by atoms with Gasteiger partial charge in [0.1, 0.15) is 0 Å². The fraction of sp³-hybridized carbons (Fsp3) is 0.250. The summed E-state index contributed by atoms with van der Waals surface area (Å²) in [5.41, 5.74) is 4.58. The fourth-order valence-electron chi connectivity index (χ4n) is 3.48. The van der Waals surface area contributed by atoms with E-state index in [1.807, 2.05) is 42.5 Å². The Morgan fingerprint density at radius 1 is 1.19 bits per heavy atom. The van der Waals surface area contributed by atoms with Crippen LogP contribution in [0.4, 0.5) is 0 Å². The number of imidazole rings is 1. The molecule has 2 amide bonds. The summed E-state index contributed by atoms with van der Waals surface area (Å²) >= 11 is 0. The molecule has 0 saturated carbocycles. The lowest BCUT2D eigenvalue weighted by molar-refractivity contribution is -0.119. The number of benzene rings is 2. The van der Waals surface area contributed by atoms with E-state index in [0.29, 0.717) is 18.7 Å². The van der Waals surface area contributed by atoms with E-state index in [9.17, 15) is 9.59 Å². The number of likely N-dealkylation sites (tertiary alicyclic amines) is 1. The Morgan fingerprint density at radius 3 is 2.88 bits per heavy atom. The van der Waals surface area contributed by atoms with Gasteiger partial charge in [0, 0.05) is 31.6 Å². The minimum atomic E-state index is -0.0551. The number of nitrogens with zero attached hydrogens (tertiary/aromatic N) is 2. The summed E-state index contributed by atoms with van der Waals surface area (Å²) in [5.74, 6) is -0.0529. The summed E-state index contributed by atoms with van der Waals surface area (Å²) in [6.45, 7) is 2.72. The summed E-state index contributed by atoms with van der Waals surface area (Å²) < 4.78 is 0. The van der Waals surface area contributed by atoms with Crippen LogP contribution in [-0.4, -0.2) is 45.8 Å². The van der Waals surface area contributed by atoms with Gasteiger partial charge in [-0.05, 0) is 41.8 Å². The van der Waals surface area contributed by atoms with Crippen molar-refractivity contribution in [2.75, 3.05) is 13.1 Å². The molecule has 2 aromatic carbocycles. The van der Waals surface area contributed by atoms with Crippen molar-refractivity contribution in [3.8, 4) is 11.1 Å². The molecule has 26 heavy (non-hydrogen) atoms. The molecule has 0 unspecified atom stereocenters. The fourth-order valence-corrected chi connectivity index (χ4v) is 3.48. The van der Waals surface area contributed by atoms with Crippen molar-refractivity contribution in [3.63, 3.8) is 0 Å². The first-order chi connectivity index (χ1) is 12.6. The van der Waals surface area contributed by atoms with Gasteiger partial charge in [0.25, 0.3) is 5.91 Å². The van der Waals surface area contributed by atoms with Gasteiger partial charge < -0.3 is 15.2 Å². The average Bonchev–Trinajstić information content (AvgIpc) is 3.29. The molecule has 1 aliphatic heterocycles. The Kier molecular flexibility index (Phi) is 4.16. The van der Waals surface area contributed by atoms with Crippen LogP contribution >= 0.6 is 0 Å². The molecule has 1 fully saturated rings. The highest BCUT2D eigenvalue weighted by Gasteiger charge is 2.27. The van der Waals surface area contributed by atoms with Crippen LogP contribution in [0.5, 0.6) is 0 Å². The van der Waals surface area contributed by atoms with Crippen molar-refractivity contribution < 1.29 is 9.59 Å². The Balaban J connectivity index is 1.55. The number of aromatic nitrogens is 2. The van der Waals surface area contributed by atoms with Gasteiger partial charge in [0.15, 0.2) is 0 Å². The Labute approximate surface area is 151 Å². The highest BCUT2D eigenvalue weighted by Crippen LogP contribution is 2.24. The van der Waals surface area contributed by atoms with Crippen molar-refractivity contribution in [2.24, 2.45) is 0 Å². The number of carbonyl (C=O) groups is 2. The lowest BCUT2D eigenvalue weighted by Crippen LogP contribution is -2.37. The van der Waals surface area contributed by atoms with E-state index in [2.05, 4.69) is 15.3 Å². The Hall–Kier alpha value is -3.15. The maximum Gasteiger partial charge on any atom is 0.253 e. The summed E-state index contributed by atoms with van der Waals surface area (Å²) in [4.78, 5) is 33.2. The zero-order valence-corrected chi connectivity index (χ0v) is 14.5. The molecule has 132 valence electrons. The monoisotopic (exact) mass is 348 g/mol. The third-order valence-corrected chi connectivity index (χ3v) is 4.75. The van der Waals surface area contributed by atoms with Gasteiger partial charge in [0.05, 0.1) is 17.4 Å². The SMILES string of the molecule is CC(=O)N[C@H]1CCN(C(=O)c2cccc(-c3ccc4nc[nH]c4c3)c2)C1. The summed E-state index contributed by atoms with van der Waals surface area (Å²) in [5, 5.41) is 2.89. The van der Waals surface area contributed by atoms with Gasteiger partial charge in [-0.2, -0.15) is 0 Å². The first-order valence-electron chi connectivity index (χ1n) is 8.70. The highest BCUT2D eigenvalue weighted by atomic mass is 16.2. The van der Waals surface area contributed by atoms with E-state index < -0.39 is 0 Å². The topological polar surface area (TPSA) is 78.1 Å². The third kappa shape index (κ3) is 3.18. The molecule has 1 aliphatic rings. The zero-order valence-electron chi connectivity index (χ0n) is 14.5. The van der Waals surface area contributed by atoms with E-state index in [1.165, 1.54) is 6.92 Å². The molecular weight excluding hydrogens is 328 g/mol. The van der Waals surface area contributed by atoms with Crippen LogP contribution in [-0.2, 0) is 4.79 Å². The molecule has 0 radical (unpaired) electrons. The van der Waals surface area contributed by atoms with Crippen molar-refractivity contribution >= 4 is 22.8 Å². The maximum absolute atomic E-state index is 12.8. The van der Waals surface area contributed by atoms with Crippen LogP contribution in [0.3, 0.4) is 0 Å². The number of fused-ring (bicyclic) bond motifs is 1. The number of hydrogen-bond acceptors (Lipinski definition) is 3. The minimum Gasteiger partial charge on any atom is -0.352 e. The summed E-state index contributed by atoms with van der Waals surface area (Å²) in [6.07, 6.45) is 2.47. The van der Waals surface area contributed by atoms with Gasteiger partial charge in [-0.25, -0.2) is 4.98 Å². The lowest BCUT2D eigenvalue weighted by Gasteiger charge is -2.17. The van der Waals surface area contributed by atoms with Crippen LogP contribution in [0.25, 0.3) is 22.2 Å². The van der Waals surface area contributed by atoms with E-state index in [4.69, 9.17) is 0 Å². The molecule has 0 bridgehead atoms. The van der Waals surface area contributed by atoms with Crippen LogP contribution in [0.2, 0.25) is 0 Å². The molecular formula is C20H20N4O2. The predicted molar refractivity (Wildman–Crippen MR) is 99.7 cm³/mol. The van der Waals surface area contributed by atoms with Crippen LogP contribution in [0.1, 0.15) is 23.7 Å². The standard InChI is InChI=1S/C20H20N4O2/c1-13(25)23-17-7-8-24(11-17)20(26)16-4-2-3-14(9-16)15-5-6-18-19(10-15)22-12-21-18/h2-6,9-10,12,17H,7-8,11H2,1H3,(H,21,22)(H,23,25)/t17-/m0/s1. The normalized spacial score (nSPS) is 16.8. The maximum atomic E-state index is 12.8. The molecule has 6 heteroatoms. The first-order valence-corrected chi connectivity index (χ1v) is 8.70. The minimum absolute atomic E-state index is 0.00215. The second kappa shape index (κ2) is 6.63. The molecule has 4 rings (SSSR count). The summed E-state index contributed by atoms with van der Waals surface area (Å²) in [6, 6.07) is 13.7. The van der Waals surface area contributed by atoms with Gasteiger partial charge in [-0.1, -0.05) is 18.2 Å². The van der Waals surface area contributed by atoms with Crippen molar-refractivity contribution in [1.82, 2.24) is 20.2 Å². The first kappa shape index (κ1) is 16.3. The number of H-pyrrole nitrogens is 1. The zero-order chi connectivity index (χ0) is 18.1. The second-order valence-corrected chi connectivity index (χ2v) is 6.65. The quantitative estimate of drug-likeness (QED) is 0.764. The van der Waals surface area contributed by atoms with Gasteiger partial charge in [-0.15, -0.1) is 0 Å². The molecule has 0 spiro atoms. The van der Waals surface area contributed by atoms with Crippen LogP contribution < -0.4 is 5.32 Å². The average molecular weight is 348 g/mol. The second-order valence-electron chi connectivity index (χ2n) is 6.65. The van der Waals surface area contributed by atoms with Crippen LogP contribution in [0.15, 0.2) is 48.8 Å².